The van der Waals surface area contributed by atoms with Crippen LogP contribution >= 0.6 is 0 Å². The molecule has 0 radical (unpaired) electrons. The van der Waals surface area contributed by atoms with Crippen LogP contribution < -0.4 is 21.7 Å². The van der Waals surface area contributed by atoms with Crippen molar-refractivity contribution >= 4 is 29.7 Å². The van der Waals surface area contributed by atoms with Crippen molar-refractivity contribution in [1.29, 1.82) is 0 Å². The number of carboxylic acid groups (broad SMARTS) is 2. The highest BCUT2D eigenvalue weighted by atomic mass is 16.4. The second-order valence-corrected chi connectivity index (χ2v) is 8.95. The van der Waals surface area contributed by atoms with Gasteiger partial charge in [-0.2, -0.15) is 0 Å². The van der Waals surface area contributed by atoms with E-state index in [1.54, 1.807) is 30.3 Å². The van der Waals surface area contributed by atoms with Crippen molar-refractivity contribution in [2.45, 2.75) is 56.5 Å². The Bertz CT molecular complexity index is 1160. The van der Waals surface area contributed by atoms with Gasteiger partial charge in [-0.1, -0.05) is 42.5 Å². The largest absolute Gasteiger partial charge is 0.508 e. The number of carbonyl (C=O) groups is 5. The van der Waals surface area contributed by atoms with E-state index in [1.807, 2.05) is 0 Å². The van der Waals surface area contributed by atoms with Crippen LogP contribution in [0.3, 0.4) is 0 Å². The third-order valence-electron chi connectivity index (χ3n) is 5.70. The van der Waals surface area contributed by atoms with Crippen molar-refractivity contribution in [1.82, 2.24) is 16.0 Å². The van der Waals surface area contributed by atoms with Crippen LogP contribution in [0.1, 0.15) is 24.5 Å². The van der Waals surface area contributed by atoms with E-state index in [9.17, 15) is 44.4 Å². The molecule has 0 aromatic heterocycles. The molecular weight excluding hydrogens is 512 g/mol. The van der Waals surface area contributed by atoms with E-state index in [2.05, 4.69) is 16.0 Å². The number of nitrogens with one attached hydrogen (secondary N) is 3. The zero-order valence-electron chi connectivity index (χ0n) is 21.1. The lowest BCUT2D eigenvalue weighted by atomic mass is 10.0. The Hall–Kier alpha value is -4.49. The molecule has 0 aliphatic rings. The van der Waals surface area contributed by atoms with Crippen molar-refractivity contribution in [3.05, 3.63) is 65.7 Å². The number of aliphatic carboxylic acids is 2. The lowest BCUT2D eigenvalue weighted by molar-refractivity contribution is -0.143. The number of nitrogens with two attached hydrogens (primary N) is 1. The van der Waals surface area contributed by atoms with Gasteiger partial charge in [0.25, 0.3) is 0 Å². The Kier molecular flexibility index (Phi) is 11.4. The Morgan fingerprint density at radius 1 is 0.769 bits per heavy atom. The lowest BCUT2D eigenvalue weighted by Crippen LogP contribution is -2.60. The summed E-state index contributed by atoms with van der Waals surface area (Å²) in [4.78, 5) is 61.4. The van der Waals surface area contributed by atoms with E-state index in [0.717, 1.165) is 5.56 Å². The van der Waals surface area contributed by atoms with Crippen LogP contribution in [0.2, 0.25) is 0 Å². The molecule has 0 aliphatic heterocycles. The predicted molar refractivity (Wildman–Crippen MR) is 137 cm³/mol. The summed E-state index contributed by atoms with van der Waals surface area (Å²) in [7, 11) is 0. The molecule has 0 bridgehead atoms. The zero-order valence-corrected chi connectivity index (χ0v) is 21.1. The number of aromatic hydroxyl groups is 1. The molecule has 0 heterocycles. The minimum Gasteiger partial charge on any atom is -0.508 e. The SMILES string of the molecule is CC(O)C(NC(=O)C(N)Cc1ccccc1)C(=O)NC(CC(=O)O)C(=O)NC(Cc1ccc(O)cc1)C(=O)O. The maximum absolute atomic E-state index is 12.9. The van der Waals surface area contributed by atoms with Gasteiger partial charge < -0.3 is 42.1 Å². The van der Waals surface area contributed by atoms with E-state index < -0.39 is 66.4 Å². The molecule has 2 aromatic carbocycles. The van der Waals surface area contributed by atoms with Gasteiger partial charge in [-0.3, -0.25) is 19.2 Å². The summed E-state index contributed by atoms with van der Waals surface area (Å²) in [6.07, 6.45) is -2.41. The zero-order chi connectivity index (χ0) is 29.1. The Morgan fingerprint density at radius 2 is 1.33 bits per heavy atom. The van der Waals surface area contributed by atoms with Crippen LogP contribution in [0.25, 0.3) is 0 Å². The van der Waals surface area contributed by atoms with E-state index >= 15 is 0 Å². The molecule has 0 saturated carbocycles. The molecule has 3 amide bonds. The maximum atomic E-state index is 12.9. The third-order valence-corrected chi connectivity index (χ3v) is 5.70. The first-order valence-electron chi connectivity index (χ1n) is 12.0. The average Bonchev–Trinajstić information content (AvgIpc) is 2.87. The van der Waals surface area contributed by atoms with Crippen molar-refractivity contribution in [2.75, 3.05) is 0 Å². The highest BCUT2D eigenvalue weighted by molar-refractivity contribution is 5.95. The standard InChI is InChI=1S/C26H32N4O9/c1-14(31)22(30-23(35)18(27)11-15-5-3-2-4-6-15)25(37)28-19(13-21(33)34)24(36)29-20(26(38)39)12-16-7-9-17(32)10-8-16/h2-10,14,18-20,22,31-32H,11-13,27H2,1H3,(H,28,37)(H,29,36)(H,30,35)(H,33,34)(H,38,39). The first-order chi connectivity index (χ1) is 18.4. The lowest BCUT2D eigenvalue weighted by Gasteiger charge is -2.26. The molecule has 0 spiro atoms. The number of amides is 3. The van der Waals surface area contributed by atoms with Crippen LogP contribution in [0.5, 0.6) is 5.75 Å². The van der Waals surface area contributed by atoms with Gasteiger partial charge >= 0.3 is 11.9 Å². The molecule has 13 nitrogen and oxygen atoms in total. The van der Waals surface area contributed by atoms with E-state index in [4.69, 9.17) is 5.73 Å². The average molecular weight is 545 g/mol. The normalized spacial score (nSPS) is 14.6. The summed E-state index contributed by atoms with van der Waals surface area (Å²) in [5, 5.41) is 45.0. The Morgan fingerprint density at radius 3 is 1.87 bits per heavy atom. The van der Waals surface area contributed by atoms with Crippen molar-refractivity contribution in [2.24, 2.45) is 5.73 Å². The number of hydrogen-bond donors (Lipinski definition) is 8. The Labute approximate surface area is 224 Å². The summed E-state index contributed by atoms with van der Waals surface area (Å²) in [5.74, 6) is -5.87. The molecule has 2 aromatic rings. The van der Waals surface area contributed by atoms with Crippen LogP contribution in [-0.4, -0.2) is 80.4 Å². The minimum absolute atomic E-state index is 0.0420. The quantitative estimate of drug-likeness (QED) is 0.143. The van der Waals surface area contributed by atoms with Gasteiger partial charge in [0.05, 0.1) is 18.6 Å². The molecule has 2 rings (SSSR count). The van der Waals surface area contributed by atoms with Crippen molar-refractivity contribution in [3.63, 3.8) is 0 Å². The summed E-state index contributed by atoms with van der Waals surface area (Å²) in [6, 6.07) is 8.52. The summed E-state index contributed by atoms with van der Waals surface area (Å²) >= 11 is 0. The minimum atomic E-state index is -1.73. The monoisotopic (exact) mass is 544 g/mol. The number of hydrogen-bond acceptors (Lipinski definition) is 8. The molecule has 5 unspecified atom stereocenters. The molecule has 210 valence electrons. The molecule has 0 fully saturated rings. The van der Waals surface area contributed by atoms with Crippen LogP contribution in [0, 0.1) is 0 Å². The predicted octanol–water partition coefficient (Wildman–Crippen LogP) is -1.10. The topological polar surface area (TPSA) is 228 Å². The third kappa shape index (κ3) is 10.1. The second-order valence-electron chi connectivity index (χ2n) is 8.95. The van der Waals surface area contributed by atoms with Crippen molar-refractivity contribution < 1.29 is 44.4 Å². The van der Waals surface area contributed by atoms with Gasteiger partial charge in [-0.05, 0) is 36.6 Å². The van der Waals surface area contributed by atoms with E-state index in [0.29, 0.717) is 5.56 Å². The Balaban J connectivity index is 2.11. The number of rotatable bonds is 14. The number of carboxylic acids is 2. The van der Waals surface area contributed by atoms with Gasteiger partial charge in [-0.25, -0.2) is 4.79 Å². The summed E-state index contributed by atoms with van der Waals surface area (Å²) < 4.78 is 0. The van der Waals surface area contributed by atoms with Crippen LogP contribution in [-0.2, 0) is 36.8 Å². The summed E-state index contributed by atoms with van der Waals surface area (Å²) in [5.41, 5.74) is 7.15. The molecule has 0 aliphatic carbocycles. The van der Waals surface area contributed by atoms with Gasteiger partial charge in [0.2, 0.25) is 17.7 Å². The molecule has 0 saturated heterocycles. The van der Waals surface area contributed by atoms with Gasteiger partial charge in [0, 0.05) is 6.42 Å². The fourth-order valence-electron chi connectivity index (χ4n) is 3.61. The first kappa shape index (κ1) is 30.7. The summed E-state index contributed by atoms with van der Waals surface area (Å²) in [6.45, 7) is 1.21. The van der Waals surface area contributed by atoms with Gasteiger partial charge in [-0.15, -0.1) is 0 Å². The van der Waals surface area contributed by atoms with Crippen LogP contribution in [0.4, 0.5) is 0 Å². The highest BCUT2D eigenvalue weighted by Crippen LogP contribution is 2.12. The highest BCUT2D eigenvalue weighted by Gasteiger charge is 2.33. The number of phenolic OH excluding ortho intramolecular Hbond substituents is 1. The molecule has 39 heavy (non-hydrogen) atoms. The number of benzene rings is 2. The fraction of sp³-hybridized carbons (Fsp3) is 0.346. The van der Waals surface area contributed by atoms with Gasteiger partial charge in [0.15, 0.2) is 0 Å². The molecule has 13 heteroatoms. The number of aliphatic hydroxyl groups is 1. The van der Waals surface area contributed by atoms with Gasteiger partial charge in [0.1, 0.15) is 23.9 Å². The molecular formula is C26H32N4O9. The smallest absolute Gasteiger partial charge is 0.326 e. The molecule has 9 N–H and O–H groups in total. The number of phenols is 1. The number of carbonyl (C=O) groups excluding carboxylic acids is 3. The van der Waals surface area contributed by atoms with E-state index in [-0.39, 0.29) is 18.6 Å². The van der Waals surface area contributed by atoms with Crippen molar-refractivity contribution in [3.8, 4) is 5.75 Å². The maximum Gasteiger partial charge on any atom is 0.326 e. The molecule has 5 atom stereocenters. The second kappa shape index (κ2) is 14.4. The van der Waals surface area contributed by atoms with Crippen LogP contribution in [0.15, 0.2) is 54.6 Å². The number of aliphatic hydroxyl groups excluding tert-OH is 1. The first-order valence-corrected chi connectivity index (χ1v) is 12.0. The fourth-order valence-corrected chi connectivity index (χ4v) is 3.61. The van der Waals surface area contributed by atoms with E-state index in [1.165, 1.54) is 31.2 Å².